The number of rotatable bonds is 7. The van der Waals surface area contributed by atoms with Crippen LogP contribution in [0.3, 0.4) is 0 Å². The van der Waals surface area contributed by atoms with Crippen LogP contribution in [0.25, 0.3) is 0 Å². The van der Waals surface area contributed by atoms with Crippen LogP contribution < -0.4 is 0 Å². The van der Waals surface area contributed by atoms with E-state index in [1.165, 1.54) is 31.2 Å². The molecule has 1 fully saturated rings. The highest BCUT2D eigenvalue weighted by Crippen LogP contribution is 2.53. The summed E-state index contributed by atoms with van der Waals surface area (Å²) in [4.78, 5) is 47.6. The maximum atomic E-state index is 13.0. The van der Waals surface area contributed by atoms with Crippen molar-refractivity contribution in [1.82, 2.24) is 0 Å². The molecule has 0 saturated heterocycles. The Hall–Kier alpha value is -3.66. The van der Waals surface area contributed by atoms with Crippen LogP contribution in [-0.4, -0.2) is 45.5 Å². The van der Waals surface area contributed by atoms with Gasteiger partial charge in [-0.3, -0.25) is 25.0 Å². The summed E-state index contributed by atoms with van der Waals surface area (Å²) in [6, 6.07) is 11.9. The summed E-state index contributed by atoms with van der Waals surface area (Å²) in [6.45, 7) is 2.83. The zero-order chi connectivity index (χ0) is 24.3. The summed E-state index contributed by atoms with van der Waals surface area (Å²) in [5, 5.41) is 35.1. The van der Waals surface area contributed by atoms with Gasteiger partial charge in [-0.2, -0.15) is 0 Å². The monoisotopic (exact) mass is 456 g/mol. The summed E-state index contributed by atoms with van der Waals surface area (Å²) >= 11 is 0. The van der Waals surface area contributed by atoms with E-state index in [0.717, 1.165) is 0 Å². The predicted octanol–water partition coefficient (Wildman–Crippen LogP) is 2.87. The van der Waals surface area contributed by atoms with Gasteiger partial charge in [0.1, 0.15) is 6.29 Å². The number of nitro benzene ring substituents is 1. The molecular weight excluding hydrogens is 432 g/mol. The van der Waals surface area contributed by atoms with Gasteiger partial charge in [-0.25, -0.2) is 0 Å². The van der Waals surface area contributed by atoms with E-state index in [2.05, 4.69) is 0 Å². The number of carbonyl (C=O) groups excluding carboxylic acids is 2. The molecule has 0 spiro atoms. The Balaban J connectivity index is 2.28. The summed E-state index contributed by atoms with van der Waals surface area (Å²) in [5.74, 6) is -5.88. The lowest BCUT2D eigenvalue weighted by atomic mass is 9.55. The van der Waals surface area contributed by atoms with Gasteiger partial charge >= 0.3 is 5.97 Å². The average molecular weight is 456 g/mol. The van der Waals surface area contributed by atoms with Crippen molar-refractivity contribution >= 4 is 17.9 Å². The van der Waals surface area contributed by atoms with Gasteiger partial charge < -0.3 is 14.6 Å². The molecule has 33 heavy (non-hydrogen) atoms. The molecule has 1 aliphatic carbocycles. The zero-order valence-corrected chi connectivity index (χ0v) is 18.1. The lowest BCUT2D eigenvalue weighted by Gasteiger charge is -2.49. The highest BCUT2D eigenvalue weighted by molar-refractivity contribution is 5.78. The Labute approximate surface area is 189 Å². The fraction of sp³-hybridized carbons (Fsp3) is 0.391. The third kappa shape index (κ3) is 4.34. The number of hydrogen-bond donors (Lipinski definition) is 1. The van der Waals surface area contributed by atoms with Crippen molar-refractivity contribution < 1.29 is 29.3 Å². The van der Waals surface area contributed by atoms with Crippen LogP contribution in [0.5, 0.6) is 0 Å². The van der Waals surface area contributed by atoms with Crippen LogP contribution in [0.4, 0.5) is 5.69 Å². The molecule has 6 atom stereocenters. The number of benzene rings is 2. The maximum Gasteiger partial charge on any atom is 0.312 e. The Morgan fingerprint density at radius 3 is 2.12 bits per heavy atom. The Kier molecular flexibility index (Phi) is 6.87. The van der Waals surface area contributed by atoms with E-state index in [0.29, 0.717) is 11.8 Å². The fourth-order valence-electron chi connectivity index (χ4n) is 4.96. The third-order valence-electron chi connectivity index (χ3n) is 6.39. The predicted molar refractivity (Wildman–Crippen MR) is 116 cm³/mol. The van der Waals surface area contributed by atoms with Crippen LogP contribution in [-0.2, 0) is 14.3 Å². The molecule has 0 aromatic heterocycles. The minimum absolute atomic E-state index is 0.0323. The molecule has 0 radical (unpaired) electrons. The number of esters is 1. The van der Waals surface area contributed by atoms with Crippen molar-refractivity contribution in [2.24, 2.45) is 11.8 Å². The lowest BCUT2D eigenvalue weighted by molar-refractivity contribution is -0.539. The number of hydrogen-bond acceptors (Lipinski definition) is 8. The molecule has 10 heteroatoms. The number of nitro groups is 2. The van der Waals surface area contributed by atoms with E-state index < -0.39 is 51.1 Å². The number of carbonyl (C=O) groups is 2. The highest BCUT2D eigenvalue weighted by atomic mass is 16.6. The van der Waals surface area contributed by atoms with Gasteiger partial charge in [-0.05, 0) is 25.0 Å². The second-order valence-electron chi connectivity index (χ2n) is 8.20. The Bertz CT molecular complexity index is 1040. The van der Waals surface area contributed by atoms with Crippen LogP contribution in [0.2, 0.25) is 0 Å². The van der Waals surface area contributed by atoms with Gasteiger partial charge in [0.05, 0.1) is 40.8 Å². The van der Waals surface area contributed by atoms with Crippen LogP contribution in [0.1, 0.15) is 36.8 Å². The molecule has 0 aliphatic heterocycles. The first kappa shape index (κ1) is 24.0. The van der Waals surface area contributed by atoms with E-state index in [1.807, 2.05) is 0 Å². The molecule has 1 N–H and O–H groups in total. The van der Waals surface area contributed by atoms with E-state index >= 15 is 0 Å². The van der Waals surface area contributed by atoms with E-state index in [1.54, 1.807) is 37.3 Å². The largest absolute Gasteiger partial charge is 0.466 e. The van der Waals surface area contributed by atoms with Crippen LogP contribution in [0, 0.1) is 32.1 Å². The standard InChI is InChI=1S/C23H24N2O8/c1-3-33-22(27)20-19(15-9-11-16(12-10-15)24(29)30)21(25(31)32)18(14-7-5-4-6-8-14)17(13-26)23(20,2)28/h4-13,17-21,28H,3H2,1-2H3/t17-,18-,19+,20-,21-,23-/m0/s1. The van der Waals surface area contributed by atoms with E-state index in [-0.39, 0.29) is 17.9 Å². The average Bonchev–Trinajstić information content (AvgIpc) is 2.78. The molecule has 1 saturated carbocycles. The minimum atomic E-state index is -1.99. The Morgan fingerprint density at radius 1 is 1.06 bits per heavy atom. The number of ether oxygens (including phenoxy) is 1. The van der Waals surface area contributed by atoms with Crippen molar-refractivity contribution in [3.63, 3.8) is 0 Å². The molecular formula is C23H24N2O8. The number of nitrogens with zero attached hydrogens (tertiary/aromatic N) is 2. The molecule has 0 unspecified atom stereocenters. The topological polar surface area (TPSA) is 150 Å². The molecule has 1 aliphatic rings. The molecule has 10 nitrogen and oxygen atoms in total. The van der Waals surface area contributed by atoms with Gasteiger partial charge in [0.25, 0.3) is 5.69 Å². The molecule has 2 aromatic carbocycles. The zero-order valence-electron chi connectivity index (χ0n) is 18.1. The number of non-ortho nitro benzene ring substituents is 1. The van der Waals surface area contributed by atoms with Crippen molar-refractivity contribution in [2.75, 3.05) is 6.61 Å². The van der Waals surface area contributed by atoms with Crippen molar-refractivity contribution in [3.05, 3.63) is 86.0 Å². The molecule has 0 heterocycles. The summed E-state index contributed by atoms with van der Waals surface area (Å²) in [7, 11) is 0. The van der Waals surface area contributed by atoms with Gasteiger partial charge in [0.2, 0.25) is 6.04 Å². The SMILES string of the molecule is CCOC(=O)[C@@H]1[C@@H](c2ccc([N+](=O)[O-])cc2)[C@@H]([N+](=O)[O-])[C@@H](c2ccccc2)[C@H](C=O)[C@]1(C)O. The Morgan fingerprint density at radius 2 is 1.64 bits per heavy atom. The first-order valence-electron chi connectivity index (χ1n) is 10.4. The van der Waals surface area contributed by atoms with Crippen LogP contribution >= 0.6 is 0 Å². The lowest BCUT2D eigenvalue weighted by Crippen LogP contribution is -2.61. The fourth-order valence-corrected chi connectivity index (χ4v) is 4.96. The first-order valence-corrected chi connectivity index (χ1v) is 10.4. The van der Waals surface area contributed by atoms with Crippen LogP contribution in [0.15, 0.2) is 54.6 Å². The summed E-state index contributed by atoms with van der Waals surface area (Å²) in [5.41, 5.74) is -1.50. The molecule has 2 aromatic rings. The van der Waals surface area contributed by atoms with E-state index in [9.17, 15) is 34.9 Å². The first-order chi connectivity index (χ1) is 15.6. The quantitative estimate of drug-likeness (QED) is 0.289. The summed E-state index contributed by atoms with van der Waals surface area (Å²) < 4.78 is 5.15. The van der Waals surface area contributed by atoms with Crippen molar-refractivity contribution in [3.8, 4) is 0 Å². The highest BCUT2D eigenvalue weighted by Gasteiger charge is 2.64. The molecule has 174 valence electrons. The van der Waals surface area contributed by atoms with Crippen molar-refractivity contribution in [2.45, 2.75) is 37.3 Å². The normalized spacial score (nSPS) is 29.1. The smallest absolute Gasteiger partial charge is 0.312 e. The van der Waals surface area contributed by atoms with Crippen molar-refractivity contribution in [1.29, 1.82) is 0 Å². The molecule has 0 bridgehead atoms. The minimum Gasteiger partial charge on any atom is -0.466 e. The molecule has 0 amide bonds. The maximum absolute atomic E-state index is 13.0. The van der Waals surface area contributed by atoms with Gasteiger partial charge in [0.15, 0.2) is 0 Å². The molecule has 3 rings (SSSR count). The van der Waals surface area contributed by atoms with Gasteiger partial charge in [-0.15, -0.1) is 0 Å². The summed E-state index contributed by atoms with van der Waals surface area (Å²) in [6.07, 6.45) is 0.451. The second-order valence-corrected chi connectivity index (χ2v) is 8.20. The number of aldehydes is 1. The van der Waals surface area contributed by atoms with Gasteiger partial charge in [0, 0.05) is 17.1 Å². The van der Waals surface area contributed by atoms with E-state index in [4.69, 9.17) is 4.74 Å². The number of aliphatic hydroxyl groups is 1. The third-order valence-corrected chi connectivity index (χ3v) is 6.39. The second kappa shape index (κ2) is 9.45. The van der Waals surface area contributed by atoms with Gasteiger partial charge in [-0.1, -0.05) is 42.5 Å².